The van der Waals surface area contributed by atoms with Gasteiger partial charge in [0.05, 0.1) is 10.7 Å². The van der Waals surface area contributed by atoms with Crippen molar-refractivity contribution in [3.8, 4) is 11.3 Å². The number of nitrogens with zero attached hydrogens (tertiary/aromatic N) is 2. The first-order valence-corrected chi connectivity index (χ1v) is 11.2. The summed E-state index contributed by atoms with van der Waals surface area (Å²) in [5, 5.41) is 7.65. The van der Waals surface area contributed by atoms with E-state index in [1.54, 1.807) is 6.20 Å². The molecule has 0 unspecified atom stereocenters. The van der Waals surface area contributed by atoms with Crippen molar-refractivity contribution in [1.29, 1.82) is 0 Å². The lowest BCUT2D eigenvalue weighted by molar-refractivity contribution is 0.370. The minimum atomic E-state index is 0.672. The molecule has 0 radical (unpaired) electrons. The van der Waals surface area contributed by atoms with Crippen molar-refractivity contribution in [2.45, 2.75) is 51.4 Å². The average Bonchev–Trinajstić information content (AvgIpc) is 2.75. The average molecular weight is 399 g/mol. The molecule has 0 atom stereocenters. The number of pyridine rings is 2. The van der Waals surface area contributed by atoms with Crippen molar-refractivity contribution < 1.29 is 0 Å². The van der Waals surface area contributed by atoms with Gasteiger partial charge in [0.15, 0.2) is 0 Å². The SMILES string of the molecule is Clc1cnc(CC2CCNCC2)cc1-c1cccc(NCC2CCCCC2)n1. The highest BCUT2D eigenvalue weighted by Crippen LogP contribution is 2.29. The summed E-state index contributed by atoms with van der Waals surface area (Å²) >= 11 is 6.49. The molecule has 2 aliphatic rings. The van der Waals surface area contributed by atoms with E-state index in [1.165, 1.54) is 44.9 Å². The van der Waals surface area contributed by atoms with Crippen LogP contribution in [-0.4, -0.2) is 29.6 Å². The second-order valence-electron chi connectivity index (χ2n) is 8.35. The quantitative estimate of drug-likeness (QED) is 0.690. The summed E-state index contributed by atoms with van der Waals surface area (Å²) in [4.78, 5) is 9.43. The first-order chi connectivity index (χ1) is 13.8. The molecular weight excluding hydrogens is 368 g/mol. The molecule has 4 nitrogen and oxygen atoms in total. The lowest BCUT2D eigenvalue weighted by Gasteiger charge is -2.22. The number of rotatable bonds is 6. The van der Waals surface area contributed by atoms with Crippen molar-refractivity contribution in [2.75, 3.05) is 25.0 Å². The number of hydrogen-bond acceptors (Lipinski definition) is 4. The normalized spacial score (nSPS) is 18.9. The Bertz CT molecular complexity index is 767. The molecule has 2 aromatic rings. The van der Waals surface area contributed by atoms with Gasteiger partial charge in [-0.25, -0.2) is 4.98 Å². The number of halogens is 1. The number of hydrogen-bond donors (Lipinski definition) is 2. The molecule has 0 spiro atoms. The highest BCUT2D eigenvalue weighted by Gasteiger charge is 2.16. The third-order valence-electron chi connectivity index (χ3n) is 6.19. The Morgan fingerprint density at radius 2 is 1.86 bits per heavy atom. The Kier molecular flexibility index (Phi) is 6.81. The maximum absolute atomic E-state index is 6.49. The van der Waals surface area contributed by atoms with Crippen LogP contribution < -0.4 is 10.6 Å². The van der Waals surface area contributed by atoms with Gasteiger partial charge in [-0.15, -0.1) is 0 Å². The topological polar surface area (TPSA) is 49.8 Å². The standard InChI is InChI=1S/C23H31ClN4/c24-21-16-26-19(13-17-9-11-25-12-10-17)14-20(21)22-7-4-8-23(28-22)27-15-18-5-2-1-3-6-18/h4,7-8,14,16-18,25H,1-3,5-6,9-13,15H2,(H,27,28). The second-order valence-corrected chi connectivity index (χ2v) is 8.75. The van der Waals surface area contributed by atoms with E-state index < -0.39 is 0 Å². The highest BCUT2D eigenvalue weighted by molar-refractivity contribution is 6.33. The largest absolute Gasteiger partial charge is 0.370 e. The third kappa shape index (κ3) is 5.24. The molecule has 4 rings (SSSR count). The van der Waals surface area contributed by atoms with E-state index in [0.717, 1.165) is 54.7 Å². The van der Waals surface area contributed by atoms with Crippen LogP contribution in [0.2, 0.25) is 5.02 Å². The molecule has 1 aliphatic carbocycles. The molecule has 0 aromatic carbocycles. The molecule has 150 valence electrons. The fourth-order valence-corrected chi connectivity index (χ4v) is 4.69. The smallest absolute Gasteiger partial charge is 0.126 e. The summed E-state index contributed by atoms with van der Waals surface area (Å²) in [6, 6.07) is 8.30. The first kappa shape index (κ1) is 19.7. The second kappa shape index (κ2) is 9.71. The van der Waals surface area contributed by atoms with Crippen molar-refractivity contribution >= 4 is 17.4 Å². The minimum absolute atomic E-state index is 0.672. The molecular formula is C23H31ClN4. The molecule has 2 aromatic heterocycles. The van der Waals surface area contributed by atoms with Crippen molar-refractivity contribution in [3.05, 3.63) is 41.2 Å². The molecule has 0 amide bonds. The molecule has 0 bridgehead atoms. The number of anilines is 1. The van der Waals surface area contributed by atoms with Crippen LogP contribution in [-0.2, 0) is 6.42 Å². The van der Waals surface area contributed by atoms with Gasteiger partial charge in [-0.1, -0.05) is 36.9 Å². The van der Waals surface area contributed by atoms with Gasteiger partial charge in [-0.2, -0.15) is 0 Å². The zero-order chi connectivity index (χ0) is 19.2. The lowest BCUT2D eigenvalue weighted by atomic mass is 9.89. The fraction of sp³-hybridized carbons (Fsp3) is 0.565. The monoisotopic (exact) mass is 398 g/mol. The Balaban J connectivity index is 1.45. The number of aromatic nitrogens is 2. The Labute approximate surface area is 173 Å². The molecule has 1 saturated carbocycles. The van der Waals surface area contributed by atoms with Crippen LogP contribution in [0.5, 0.6) is 0 Å². The molecule has 1 aliphatic heterocycles. The molecule has 3 heterocycles. The Hall–Kier alpha value is -1.65. The van der Waals surface area contributed by atoms with Gasteiger partial charge < -0.3 is 10.6 Å². The minimum Gasteiger partial charge on any atom is -0.370 e. The predicted molar refractivity (Wildman–Crippen MR) is 117 cm³/mol. The zero-order valence-electron chi connectivity index (χ0n) is 16.6. The van der Waals surface area contributed by atoms with E-state index >= 15 is 0 Å². The van der Waals surface area contributed by atoms with Crippen LogP contribution in [0.3, 0.4) is 0 Å². The van der Waals surface area contributed by atoms with Crippen molar-refractivity contribution in [3.63, 3.8) is 0 Å². The first-order valence-electron chi connectivity index (χ1n) is 10.8. The van der Waals surface area contributed by atoms with Gasteiger partial charge in [0, 0.05) is 24.0 Å². The predicted octanol–water partition coefficient (Wildman–Crippen LogP) is 5.33. The summed E-state index contributed by atoms with van der Waals surface area (Å²) < 4.78 is 0. The van der Waals surface area contributed by atoms with Crippen LogP contribution >= 0.6 is 11.6 Å². The van der Waals surface area contributed by atoms with Crippen molar-refractivity contribution in [2.24, 2.45) is 11.8 Å². The van der Waals surface area contributed by atoms with Crippen LogP contribution in [0.1, 0.15) is 50.6 Å². The number of nitrogens with one attached hydrogen (secondary N) is 2. The molecule has 2 N–H and O–H groups in total. The summed E-state index contributed by atoms with van der Waals surface area (Å²) in [6.45, 7) is 3.24. The van der Waals surface area contributed by atoms with Crippen LogP contribution in [0.4, 0.5) is 5.82 Å². The van der Waals surface area contributed by atoms with Crippen LogP contribution in [0.15, 0.2) is 30.5 Å². The zero-order valence-corrected chi connectivity index (χ0v) is 17.3. The van der Waals surface area contributed by atoms with Gasteiger partial charge in [0.2, 0.25) is 0 Å². The van der Waals surface area contributed by atoms with Crippen LogP contribution in [0.25, 0.3) is 11.3 Å². The van der Waals surface area contributed by atoms with E-state index in [9.17, 15) is 0 Å². The summed E-state index contributed by atoms with van der Waals surface area (Å²) in [7, 11) is 0. The molecule has 28 heavy (non-hydrogen) atoms. The van der Waals surface area contributed by atoms with E-state index in [-0.39, 0.29) is 0 Å². The third-order valence-corrected chi connectivity index (χ3v) is 6.49. The van der Waals surface area contributed by atoms with Gasteiger partial charge in [-0.05, 0) is 75.2 Å². The lowest BCUT2D eigenvalue weighted by Crippen LogP contribution is -2.28. The Morgan fingerprint density at radius 3 is 2.68 bits per heavy atom. The summed E-state index contributed by atoms with van der Waals surface area (Å²) in [5.41, 5.74) is 3.03. The highest BCUT2D eigenvalue weighted by atomic mass is 35.5. The maximum Gasteiger partial charge on any atom is 0.126 e. The van der Waals surface area contributed by atoms with E-state index in [4.69, 9.17) is 16.6 Å². The van der Waals surface area contributed by atoms with E-state index in [0.29, 0.717) is 10.9 Å². The van der Waals surface area contributed by atoms with Crippen molar-refractivity contribution in [1.82, 2.24) is 15.3 Å². The Morgan fingerprint density at radius 1 is 1.04 bits per heavy atom. The van der Waals surface area contributed by atoms with Crippen LogP contribution in [0, 0.1) is 11.8 Å². The van der Waals surface area contributed by atoms with Gasteiger partial charge in [0.1, 0.15) is 5.82 Å². The molecule has 2 fully saturated rings. The molecule has 5 heteroatoms. The van der Waals surface area contributed by atoms with Gasteiger partial charge in [-0.3, -0.25) is 4.98 Å². The maximum atomic E-state index is 6.49. The van der Waals surface area contributed by atoms with Gasteiger partial charge >= 0.3 is 0 Å². The molecule has 1 saturated heterocycles. The fourth-order valence-electron chi connectivity index (χ4n) is 4.49. The number of piperidine rings is 1. The van der Waals surface area contributed by atoms with E-state index in [2.05, 4.69) is 33.8 Å². The van der Waals surface area contributed by atoms with Gasteiger partial charge in [0.25, 0.3) is 0 Å². The summed E-state index contributed by atoms with van der Waals surface area (Å²) in [5.74, 6) is 2.43. The summed E-state index contributed by atoms with van der Waals surface area (Å²) in [6.07, 6.45) is 12.0. The van der Waals surface area contributed by atoms with E-state index in [1.807, 2.05) is 6.07 Å².